The van der Waals surface area contributed by atoms with Gasteiger partial charge in [-0.2, -0.15) is 0 Å². The Hall–Kier alpha value is -1.62. The number of nitrogens with zero attached hydrogens (tertiary/aromatic N) is 3. The van der Waals surface area contributed by atoms with E-state index in [2.05, 4.69) is 10.1 Å². The summed E-state index contributed by atoms with van der Waals surface area (Å²) < 4.78 is 1.23. The fraction of sp³-hybridized carbons (Fsp3) is 0. The van der Waals surface area contributed by atoms with E-state index in [0.29, 0.717) is 5.52 Å². The number of carboxylic acid groups (broad SMARTS) is 1. The molecule has 0 radical (unpaired) electrons. The number of aromatic carboxylic acids is 1. The summed E-state index contributed by atoms with van der Waals surface area (Å²) in [4.78, 5) is 14.4. The SMILES string of the molecule is O=C(O)c1ccc2cnc(Cl)nn12. The minimum Gasteiger partial charge on any atom is -0.477 e. The normalized spacial score (nSPS) is 10.5. The molecule has 0 aliphatic heterocycles. The van der Waals surface area contributed by atoms with Crippen LogP contribution < -0.4 is 0 Å². The number of aromatic nitrogens is 3. The van der Waals surface area contributed by atoms with E-state index in [0.717, 1.165) is 0 Å². The average molecular weight is 198 g/mol. The molecule has 0 aliphatic carbocycles. The van der Waals surface area contributed by atoms with Gasteiger partial charge in [0.2, 0.25) is 5.28 Å². The fourth-order valence-electron chi connectivity index (χ4n) is 1.04. The van der Waals surface area contributed by atoms with Gasteiger partial charge in [-0.15, -0.1) is 5.10 Å². The zero-order valence-electron chi connectivity index (χ0n) is 6.31. The second kappa shape index (κ2) is 2.70. The maximum atomic E-state index is 10.7. The standard InChI is InChI=1S/C7H4ClN3O2/c8-7-9-3-4-1-2-5(6(12)13)11(4)10-7/h1-3H,(H,12,13). The first-order valence-electron chi connectivity index (χ1n) is 3.42. The van der Waals surface area contributed by atoms with E-state index in [1.54, 1.807) is 6.07 Å². The lowest BCUT2D eigenvalue weighted by molar-refractivity contribution is 0.0688. The summed E-state index contributed by atoms with van der Waals surface area (Å²) >= 11 is 5.52. The lowest BCUT2D eigenvalue weighted by Crippen LogP contribution is -2.04. The molecule has 1 N–H and O–H groups in total. The molecule has 0 atom stereocenters. The first kappa shape index (κ1) is 8.00. The Morgan fingerprint density at radius 1 is 1.54 bits per heavy atom. The van der Waals surface area contributed by atoms with E-state index in [4.69, 9.17) is 16.7 Å². The largest absolute Gasteiger partial charge is 0.477 e. The summed E-state index contributed by atoms with van der Waals surface area (Å²) in [6, 6.07) is 3.06. The number of fused-ring (bicyclic) bond motifs is 1. The molecule has 0 aliphatic rings. The molecule has 5 nitrogen and oxygen atoms in total. The first-order valence-corrected chi connectivity index (χ1v) is 3.80. The quantitative estimate of drug-likeness (QED) is 0.743. The summed E-state index contributed by atoms with van der Waals surface area (Å²) in [6.07, 6.45) is 1.46. The summed E-state index contributed by atoms with van der Waals surface area (Å²) in [5, 5.41) is 12.5. The maximum absolute atomic E-state index is 10.7. The highest BCUT2D eigenvalue weighted by atomic mass is 35.5. The Bertz CT molecular complexity index is 480. The Labute approximate surface area is 77.6 Å². The number of carboxylic acids is 1. The van der Waals surface area contributed by atoms with Crippen molar-refractivity contribution in [2.75, 3.05) is 0 Å². The fourth-order valence-corrected chi connectivity index (χ4v) is 1.17. The smallest absolute Gasteiger partial charge is 0.354 e. The second-order valence-corrected chi connectivity index (χ2v) is 2.73. The lowest BCUT2D eigenvalue weighted by Gasteiger charge is -1.95. The molecule has 2 aromatic heterocycles. The van der Waals surface area contributed by atoms with Gasteiger partial charge in [0.1, 0.15) is 0 Å². The second-order valence-electron chi connectivity index (χ2n) is 2.39. The van der Waals surface area contributed by atoms with Gasteiger partial charge >= 0.3 is 5.97 Å². The summed E-state index contributed by atoms with van der Waals surface area (Å²) in [6.45, 7) is 0. The van der Waals surface area contributed by atoms with Gasteiger partial charge in [-0.1, -0.05) is 0 Å². The van der Waals surface area contributed by atoms with E-state index < -0.39 is 5.97 Å². The lowest BCUT2D eigenvalue weighted by atomic mass is 10.4. The molecule has 13 heavy (non-hydrogen) atoms. The Morgan fingerprint density at radius 2 is 2.31 bits per heavy atom. The number of hydrogen-bond donors (Lipinski definition) is 1. The van der Waals surface area contributed by atoms with Crippen molar-refractivity contribution in [2.45, 2.75) is 0 Å². The molecular formula is C7H4ClN3O2. The Balaban J connectivity index is 2.79. The monoisotopic (exact) mass is 197 g/mol. The third kappa shape index (κ3) is 1.23. The third-order valence-corrected chi connectivity index (χ3v) is 1.76. The van der Waals surface area contributed by atoms with Crippen molar-refractivity contribution in [3.05, 3.63) is 29.3 Å². The van der Waals surface area contributed by atoms with Gasteiger partial charge in [0.15, 0.2) is 5.69 Å². The molecule has 0 aromatic carbocycles. The van der Waals surface area contributed by atoms with E-state index in [-0.39, 0.29) is 11.0 Å². The molecule has 0 saturated carbocycles. The predicted molar refractivity (Wildman–Crippen MR) is 45.0 cm³/mol. The molecule has 2 heterocycles. The highest BCUT2D eigenvalue weighted by Gasteiger charge is 2.09. The Kier molecular flexibility index (Phi) is 1.66. The zero-order valence-corrected chi connectivity index (χ0v) is 7.06. The Morgan fingerprint density at radius 3 is 3.00 bits per heavy atom. The summed E-state index contributed by atoms with van der Waals surface area (Å²) in [5.41, 5.74) is 0.668. The average Bonchev–Trinajstić information content (AvgIpc) is 2.46. The van der Waals surface area contributed by atoms with Crippen molar-refractivity contribution in [2.24, 2.45) is 0 Å². The first-order chi connectivity index (χ1) is 6.18. The molecule has 6 heteroatoms. The van der Waals surface area contributed by atoms with Crippen LogP contribution in [-0.4, -0.2) is 25.7 Å². The molecular weight excluding hydrogens is 194 g/mol. The third-order valence-electron chi connectivity index (χ3n) is 1.59. The van der Waals surface area contributed by atoms with Crippen molar-refractivity contribution < 1.29 is 9.90 Å². The van der Waals surface area contributed by atoms with E-state index >= 15 is 0 Å². The minimum absolute atomic E-state index is 0.0196. The van der Waals surface area contributed by atoms with Crippen LogP contribution in [0.25, 0.3) is 5.52 Å². The van der Waals surface area contributed by atoms with Crippen LogP contribution in [-0.2, 0) is 0 Å². The van der Waals surface area contributed by atoms with Gasteiger partial charge in [0.05, 0.1) is 11.7 Å². The summed E-state index contributed by atoms with van der Waals surface area (Å²) in [5.74, 6) is -1.05. The van der Waals surface area contributed by atoms with E-state index in [1.165, 1.54) is 16.8 Å². The number of hydrogen-bond acceptors (Lipinski definition) is 3. The number of halogens is 1. The summed E-state index contributed by atoms with van der Waals surface area (Å²) in [7, 11) is 0. The van der Waals surface area contributed by atoms with Crippen molar-refractivity contribution in [1.29, 1.82) is 0 Å². The highest BCUT2D eigenvalue weighted by Crippen LogP contribution is 2.09. The van der Waals surface area contributed by atoms with Crippen molar-refractivity contribution in [3.8, 4) is 0 Å². The number of rotatable bonds is 1. The van der Waals surface area contributed by atoms with Gasteiger partial charge in [-0.25, -0.2) is 14.3 Å². The van der Waals surface area contributed by atoms with Crippen LogP contribution >= 0.6 is 11.6 Å². The van der Waals surface area contributed by atoms with Crippen LogP contribution in [0.5, 0.6) is 0 Å². The molecule has 2 rings (SSSR count). The van der Waals surface area contributed by atoms with Gasteiger partial charge in [-0.3, -0.25) is 0 Å². The molecule has 0 unspecified atom stereocenters. The van der Waals surface area contributed by atoms with Crippen LogP contribution in [0.2, 0.25) is 5.28 Å². The van der Waals surface area contributed by atoms with Gasteiger partial charge < -0.3 is 5.11 Å². The topological polar surface area (TPSA) is 67.5 Å². The van der Waals surface area contributed by atoms with E-state index in [9.17, 15) is 4.79 Å². The maximum Gasteiger partial charge on any atom is 0.354 e. The molecule has 0 fully saturated rings. The van der Waals surface area contributed by atoms with Crippen molar-refractivity contribution >= 4 is 23.1 Å². The molecule has 66 valence electrons. The van der Waals surface area contributed by atoms with Gasteiger partial charge in [0.25, 0.3) is 0 Å². The van der Waals surface area contributed by atoms with Crippen LogP contribution in [0.3, 0.4) is 0 Å². The van der Waals surface area contributed by atoms with Crippen LogP contribution in [0, 0.1) is 0 Å². The van der Waals surface area contributed by atoms with Crippen LogP contribution in [0.15, 0.2) is 18.3 Å². The van der Waals surface area contributed by atoms with Gasteiger partial charge in [0, 0.05) is 0 Å². The molecule has 0 spiro atoms. The zero-order chi connectivity index (χ0) is 9.42. The number of carbonyl (C=O) groups is 1. The van der Waals surface area contributed by atoms with E-state index in [1.807, 2.05) is 0 Å². The van der Waals surface area contributed by atoms with Crippen LogP contribution in [0.4, 0.5) is 0 Å². The molecule has 0 amide bonds. The minimum atomic E-state index is -1.05. The van der Waals surface area contributed by atoms with Crippen molar-refractivity contribution in [3.63, 3.8) is 0 Å². The van der Waals surface area contributed by atoms with Gasteiger partial charge in [-0.05, 0) is 23.7 Å². The molecule has 0 bridgehead atoms. The predicted octanol–water partition coefficient (Wildman–Crippen LogP) is 1.08. The molecule has 0 saturated heterocycles. The van der Waals surface area contributed by atoms with Crippen LogP contribution in [0.1, 0.15) is 10.5 Å². The molecule has 2 aromatic rings. The van der Waals surface area contributed by atoms with Crippen molar-refractivity contribution in [1.82, 2.24) is 14.6 Å². The highest BCUT2D eigenvalue weighted by molar-refractivity contribution is 6.28.